The molecule has 28 heavy (non-hydrogen) atoms. The third-order valence-electron chi connectivity index (χ3n) is 5.28. The molecule has 0 unspecified atom stereocenters. The molecule has 0 spiro atoms. The number of carbonyl (C=O) groups excluding carboxylic acids is 2. The Morgan fingerprint density at radius 2 is 2.04 bits per heavy atom. The Balaban J connectivity index is 1.37. The SMILES string of the molecule is Cc1ccc(NC(=O)[C@@H]2CC(=O)N(CCc3c[nH]c4ccc(F)cc34)C2)cc1. The van der Waals surface area contributed by atoms with Crippen LogP contribution in [0.3, 0.4) is 0 Å². The summed E-state index contributed by atoms with van der Waals surface area (Å²) in [5.74, 6) is -0.781. The van der Waals surface area contributed by atoms with Gasteiger partial charge in [0.15, 0.2) is 0 Å². The Hall–Kier alpha value is -3.15. The molecular weight excluding hydrogens is 357 g/mol. The van der Waals surface area contributed by atoms with Gasteiger partial charge >= 0.3 is 0 Å². The van der Waals surface area contributed by atoms with Gasteiger partial charge in [0, 0.05) is 42.3 Å². The van der Waals surface area contributed by atoms with Crippen molar-refractivity contribution in [2.75, 3.05) is 18.4 Å². The molecule has 1 aliphatic rings. The van der Waals surface area contributed by atoms with Crippen LogP contribution in [0.2, 0.25) is 0 Å². The fraction of sp³-hybridized carbons (Fsp3) is 0.273. The van der Waals surface area contributed by atoms with E-state index in [2.05, 4.69) is 10.3 Å². The summed E-state index contributed by atoms with van der Waals surface area (Å²) in [5.41, 5.74) is 3.70. The fourth-order valence-electron chi connectivity index (χ4n) is 3.66. The van der Waals surface area contributed by atoms with Gasteiger partial charge in [-0.15, -0.1) is 0 Å². The van der Waals surface area contributed by atoms with E-state index in [1.54, 1.807) is 11.0 Å². The highest BCUT2D eigenvalue weighted by molar-refractivity contribution is 5.97. The Morgan fingerprint density at radius 3 is 2.82 bits per heavy atom. The van der Waals surface area contributed by atoms with Crippen LogP contribution in [-0.2, 0) is 16.0 Å². The normalized spacial score (nSPS) is 16.7. The van der Waals surface area contributed by atoms with E-state index in [9.17, 15) is 14.0 Å². The topological polar surface area (TPSA) is 65.2 Å². The molecule has 2 heterocycles. The van der Waals surface area contributed by atoms with Crippen LogP contribution >= 0.6 is 0 Å². The summed E-state index contributed by atoms with van der Waals surface area (Å²) in [6.45, 7) is 2.91. The van der Waals surface area contributed by atoms with Gasteiger partial charge in [-0.2, -0.15) is 0 Å². The molecule has 0 saturated carbocycles. The number of halogens is 1. The second kappa shape index (κ2) is 7.46. The van der Waals surface area contributed by atoms with Gasteiger partial charge in [-0.05, 0) is 49.2 Å². The molecule has 2 aromatic carbocycles. The molecule has 3 aromatic rings. The number of anilines is 1. The number of nitrogens with one attached hydrogen (secondary N) is 2. The third-order valence-corrected chi connectivity index (χ3v) is 5.28. The molecule has 2 N–H and O–H groups in total. The van der Waals surface area contributed by atoms with Gasteiger partial charge in [-0.25, -0.2) is 4.39 Å². The van der Waals surface area contributed by atoms with Crippen molar-refractivity contribution in [2.24, 2.45) is 5.92 Å². The average molecular weight is 379 g/mol. The largest absolute Gasteiger partial charge is 0.361 e. The molecular formula is C22H22FN3O2. The molecule has 1 saturated heterocycles. The van der Waals surface area contributed by atoms with E-state index in [-0.39, 0.29) is 30.0 Å². The lowest BCUT2D eigenvalue weighted by molar-refractivity contribution is -0.128. The van der Waals surface area contributed by atoms with Crippen molar-refractivity contribution in [1.29, 1.82) is 0 Å². The van der Waals surface area contributed by atoms with Crippen molar-refractivity contribution < 1.29 is 14.0 Å². The van der Waals surface area contributed by atoms with Crippen LogP contribution in [0.4, 0.5) is 10.1 Å². The number of hydrogen-bond acceptors (Lipinski definition) is 2. The van der Waals surface area contributed by atoms with Crippen LogP contribution in [0.25, 0.3) is 10.9 Å². The lowest BCUT2D eigenvalue weighted by Gasteiger charge is -2.16. The van der Waals surface area contributed by atoms with Crippen LogP contribution in [0.5, 0.6) is 0 Å². The minimum absolute atomic E-state index is 0.0184. The quantitative estimate of drug-likeness (QED) is 0.711. The number of carbonyl (C=O) groups is 2. The number of aryl methyl sites for hydroxylation is 1. The van der Waals surface area contributed by atoms with Gasteiger partial charge in [0.25, 0.3) is 0 Å². The lowest BCUT2D eigenvalue weighted by atomic mass is 10.1. The van der Waals surface area contributed by atoms with E-state index in [1.807, 2.05) is 37.4 Å². The molecule has 0 bridgehead atoms. The monoisotopic (exact) mass is 379 g/mol. The number of aromatic nitrogens is 1. The Labute approximate surface area is 162 Å². The van der Waals surface area contributed by atoms with Gasteiger partial charge in [-0.3, -0.25) is 9.59 Å². The number of amides is 2. The molecule has 6 heteroatoms. The summed E-state index contributed by atoms with van der Waals surface area (Å²) in [6, 6.07) is 12.2. The molecule has 1 fully saturated rings. The number of fused-ring (bicyclic) bond motifs is 1. The minimum Gasteiger partial charge on any atom is -0.361 e. The summed E-state index contributed by atoms with van der Waals surface area (Å²) in [4.78, 5) is 29.7. The van der Waals surface area contributed by atoms with E-state index < -0.39 is 0 Å². The fourth-order valence-corrected chi connectivity index (χ4v) is 3.66. The van der Waals surface area contributed by atoms with Crippen molar-refractivity contribution in [3.05, 3.63) is 65.6 Å². The number of nitrogens with zero attached hydrogens (tertiary/aromatic N) is 1. The third kappa shape index (κ3) is 3.76. The maximum Gasteiger partial charge on any atom is 0.229 e. The average Bonchev–Trinajstić information content (AvgIpc) is 3.25. The lowest BCUT2D eigenvalue weighted by Crippen LogP contribution is -2.30. The highest BCUT2D eigenvalue weighted by Crippen LogP contribution is 2.23. The Kier molecular flexibility index (Phi) is 4.86. The Morgan fingerprint density at radius 1 is 1.25 bits per heavy atom. The van der Waals surface area contributed by atoms with E-state index in [1.165, 1.54) is 12.1 Å². The van der Waals surface area contributed by atoms with Crippen LogP contribution in [0.15, 0.2) is 48.7 Å². The van der Waals surface area contributed by atoms with Gasteiger partial charge < -0.3 is 15.2 Å². The van der Waals surface area contributed by atoms with Crippen LogP contribution in [-0.4, -0.2) is 34.8 Å². The summed E-state index contributed by atoms with van der Waals surface area (Å²) in [6.07, 6.45) is 2.69. The molecule has 1 aliphatic heterocycles. The molecule has 0 aliphatic carbocycles. The van der Waals surface area contributed by atoms with Crippen LogP contribution in [0, 0.1) is 18.7 Å². The first-order valence-corrected chi connectivity index (χ1v) is 9.40. The maximum absolute atomic E-state index is 13.5. The van der Waals surface area contributed by atoms with Gasteiger partial charge in [0.1, 0.15) is 5.82 Å². The standard InChI is InChI=1S/C22H22FN3O2/c1-14-2-5-18(6-3-14)25-22(28)16-10-21(27)26(13-16)9-8-15-12-24-20-7-4-17(23)11-19(15)20/h2-7,11-12,16,24H,8-10,13H2,1H3,(H,25,28)/t16-/m1/s1. The maximum atomic E-state index is 13.5. The van der Waals surface area contributed by atoms with E-state index in [0.29, 0.717) is 19.5 Å². The number of aromatic amines is 1. The molecule has 0 radical (unpaired) electrons. The van der Waals surface area contributed by atoms with E-state index in [4.69, 9.17) is 0 Å². The molecule has 144 valence electrons. The molecule has 4 rings (SSSR count). The summed E-state index contributed by atoms with van der Waals surface area (Å²) < 4.78 is 13.5. The zero-order chi connectivity index (χ0) is 19.7. The number of hydrogen-bond donors (Lipinski definition) is 2. The summed E-state index contributed by atoms with van der Waals surface area (Å²) >= 11 is 0. The van der Waals surface area contributed by atoms with Crippen molar-refractivity contribution in [2.45, 2.75) is 19.8 Å². The predicted octanol–water partition coefficient (Wildman–Crippen LogP) is 3.65. The van der Waals surface area contributed by atoms with Crippen LogP contribution in [0.1, 0.15) is 17.5 Å². The first kappa shape index (κ1) is 18.2. The van der Waals surface area contributed by atoms with Crippen molar-refractivity contribution in [1.82, 2.24) is 9.88 Å². The van der Waals surface area contributed by atoms with Gasteiger partial charge in [-0.1, -0.05) is 17.7 Å². The summed E-state index contributed by atoms with van der Waals surface area (Å²) in [5, 5.41) is 3.72. The number of H-pyrrole nitrogens is 1. The van der Waals surface area contributed by atoms with E-state index >= 15 is 0 Å². The molecule has 2 amide bonds. The summed E-state index contributed by atoms with van der Waals surface area (Å²) in [7, 11) is 0. The zero-order valence-corrected chi connectivity index (χ0v) is 15.7. The first-order chi connectivity index (χ1) is 13.5. The van der Waals surface area contributed by atoms with E-state index in [0.717, 1.165) is 27.7 Å². The highest BCUT2D eigenvalue weighted by Gasteiger charge is 2.34. The van der Waals surface area contributed by atoms with Crippen LogP contribution < -0.4 is 5.32 Å². The zero-order valence-electron chi connectivity index (χ0n) is 15.7. The van der Waals surface area contributed by atoms with Gasteiger partial charge in [0.05, 0.1) is 5.92 Å². The van der Waals surface area contributed by atoms with Gasteiger partial charge in [0.2, 0.25) is 11.8 Å². The minimum atomic E-state index is -0.353. The smallest absolute Gasteiger partial charge is 0.229 e. The number of likely N-dealkylation sites (tertiary alicyclic amines) is 1. The molecule has 1 atom stereocenters. The Bertz CT molecular complexity index is 1030. The first-order valence-electron chi connectivity index (χ1n) is 9.40. The second-order valence-corrected chi connectivity index (χ2v) is 7.35. The number of benzene rings is 2. The predicted molar refractivity (Wildman–Crippen MR) is 106 cm³/mol. The van der Waals surface area contributed by atoms with Crippen molar-refractivity contribution in [3.8, 4) is 0 Å². The highest BCUT2D eigenvalue weighted by atomic mass is 19.1. The van der Waals surface area contributed by atoms with Crippen molar-refractivity contribution in [3.63, 3.8) is 0 Å². The molecule has 1 aromatic heterocycles. The molecule has 5 nitrogen and oxygen atoms in total. The second-order valence-electron chi connectivity index (χ2n) is 7.35. The number of rotatable bonds is 5. The van der Waals surface area contributed by atoms with Crippen molar-refractivity contribution >= 4 is 28.4 Å².